The first kappa shape index (κ1) is 18.8. The molecule has 3 rings (SSSR count). The third-order valence-corrected chi connectivity index (χ3v) is 5.84. The number of hydrogen-bond donors (Lipinski definition) is 2. The lowest BCUT2D eigenvalue weighted by atomic mass is 10.2. The first-order chi connectivity index (χ1) is 12.9. The number of amides is 1. The number of rotatable bonds is 6. The van der Waals surface area contributed by atoms with Gasteiger partial charge in [0.2, 0.25) is 0 Å². The summed E-state index contributed by atoms with van der Waals surface area (Å²) in [5.41, 5.74) is 4.15. The summed E-state index contributed by atoms with van der Waals surface area (Å²) >= 11 is 1.51. The molecule has 2 aromatic carbocycles. The number of carbonyl (C=O) groups excluding carboxylic acids is 1. The molecule has 0 saturated heterocycles. The number of aryl methyl sites for hydroxylation is 1. The molecule has 138 valence electrons. The molecular weight excluding hydrogens is 382 g/mol. The number of hydrazone groups is 1. The molecule has 0 radical (unpaired) electrons. The van der Waals surface area contributed by atoms with Crippen molar-refractivity contribution in [3.05, 3.63) is 82.0 Å². The average Bonchev–Trinajstić information content (AvgIpc) is 3.16. The molecule has 27 heavy (non-hydrogen) atoms. The van der Waals surface area contributed by atoms with Gasteiger partial charge in [-0.05, 0) is 54.8 Å². The van der Waals surface area contributed by atoms with Crippen molar-refractivity contribution < 1.29 is 13.2 Å². The van der Waals surface area contributed by atoms with Gasteiger partial charge in [0.1, 0.15) is 0 Å². The fourth-order valence-electron chi connectivity index (χ4n) is 2.20. The summed E-state index contributed by atoms with van der Waals surface area (Å²) in [4.78, 5) is 13.2. The summed E-state index contributed by atoms with van der Waals surface area (Å²) < 4.78 is 27.2. The number of hydrogen-bond acceptors (Lipinski definition) is 5. The lowest BCUT2D eigenvalue weighted by Gasteiger charge is -2.09. The van der Waals surface area contributed by atoms with E-state index in [4.69, 9.17) is 0 Å². The predicted molar refractivity (Wildman–Crippen MR) is 108 cm³/mol. The van der Waals surface area contributed by atoms with Crippen LogP contribution in [0.4, 0.5) is 5.69 Å². The molecule has 3 aromatic rings. The van der Waals surface area contributed by atoms with Crippen LogP contribution in [-0.4, -0.2) is 20.5 Å². The molecule has 8 heteroatoms. The Morgan fingerprint density at radius 2 is 1.74 bits per heavy atom. The monoisotopic (exact) mass is 399 g/mol. The second kappa shape index (κ2) is 8.15. The van der Waals surface area contributed by atoms with E-state index in [-0.39, 0.29) is 10.8 Å². The Morgan fingerprint density at radius 1 is 1.04 bits per heavy atom. The molecule has 1 aromatic heterocycles. The maximum absolute atomic E-state index is 12.4. The topological polar surface area (TPSA) is 87.6 Å². The fourth-order valence-corrected chi connectivity index (χ4v) is 3.85. The number of anilines is 1. The van der Waals surface area contributed by atoms with Crippen LogP contribution in [0, 0.1) is 6.92 Å². The highest BCUT2D eigenvalue weighted by Crippen LogP contribution is 2.17. The fraction of sp³-hybridized carbons (Fsp3) is 0.0526. The van der Waals surface area contributed by atoms with Crippen molar-refractivity contribution in [1.82, 2.24) is 5.43 Å². The average molecular weight is 399 g/mol. The minimum absolute atomic E-state index is 0.179. The second-order valence-electron chi connectivity index (χ2n) is 5.71. The van der Waals surface area contributed by atoms with Crippen LogP contribution in [0.25, 0.3) is 0 Å². The number of nitrogens with zero attached hydrogens (tertiary/aromatic N) is 1. The van der Waals surface area contributed by atoms with E-state index in [2.05, 4.69) is 15.2 Å². The molecular formula is C19H17N3O3S2. The zero-order valence-corrected chi connectivity index (χ0v) is 16.0. The smallest absolute Gasteiger partial charge is 0.271 e. The molecule has 0 unspecified atom stereocenters. The number of nitrogens with one attached hydrogen (secondary N) is 2. The molecule has 0 bridgehead atoms. The standard InChI is InChI=1S/C19H17N3O3S2/c1-14-4-10-18(11-5-14)27(24,25)22-16-8-6-15(7-9-16)19(23)21-20-13-17-3-2-12-26-17/h2-13,22H,1H3,(H,21,23)/b20-13-. The van der Waals surface area contributed by atoms with Gasteiger partial charge in [0.25, 0.3) is 15.9 Å². The first-order valence-corrected chi connectivity index (χ1v) is 10.4. The van der Waals surface area contributed by atoms with Crippen molar-refractivity contribution in [2.45, 2.75) is 11.8 Å². The van der Waals surface area contributed by atoms with E-state index >= 15 is 0 Å². The maximum atomic E-state index is 12.4. The maximum Gasteiger partial charge on any atom is 0.271 e. The summed E-state index contributed by atoms with van der Waals surface area (Å²) in [5.74, 6) is -0.379. The van der Waals surface area contributed by atoms with Crippen molar-refractivity contribution >= 4 is 39.2 Å². The Bertz CT molecular complexity index is 1040. The zero-order valence-electron chi connectivity index (χ0n) is 14.4. The Balaban J connectivity index is 1.64. The van der Waals surface area contributed by atoms with E-state index < -0.39 is 10.0 Å². The molecule has 0 spiro atoms. The quantitative estimate of drug-likeness (QED) is 0.490. The summed E-state index contributed by atoms with van der Waals surface area (Å²) in [6.45, 7) is 1.89. The highest BCUT2D eigenvalue weighted by Gasteiger charge is 2.14. The second-order valence-corrected chi connectivity index (χ2v) is 8.37. The van der Waals surface area contributed by atoms with Crippen LogP contribution in [0.5, 0.6) is 0 Å². The molecule has 2 N–H and O–H groups in total. The van der Waals surface area contributed by atoms with Crippen LogP contribution in [0.3, 0.4) is 0 Å². The molecule has 0 aliphatic heterocycles. The van der Waals surface area contributed by atoms with Gasteiger partial charge >= 0.3 is 0 Å². The van der Waals surface area contributed by atoms with Gasteiger partial charge in [0.05, 0.1) is 11.1 Å². The number of sulfonamides is 1. The Labute approximate surface area is 161 Å². The van der Waals surface area contributed by atoms with Gasteiger partial charge in [-0.2, -0.15) is 5.10 Å². The van der Waals surface area contributed by atoms with Crippen molar-refractivity contribution in [2.75, 3.05) is 4.72 Å². The molecule has 0 aliphatic carbocycles. The lowest BCUT2D eigenvalue weighted by molar-refractivity contribution is 0.0955. The van der Waals surface area contributed by atoms with Gasteiger partial charge in [-0.1, -0.05) is 23.8 Å². The van der Waals surface area contributed by atoms with Crippen molar-refractivity contribution in [2.24, 2.45) is 5.10 Å². The van der Waals surface area contributed by atoms with Gasteiger partial charge in [0.15, 0.2) is 0 Å². The van der Waals surface area contributed by atoms with E-state index in [0.29, 0.717) is 11.3 Å². The number of carbonyl (C=O) groups is 1. The van der Waals surface area contributed by atoms with E-state index in [1.807, 2.05) is 24.4 Å². The predicted octanol–water partition coefficient (Wildman–Crippen LogP) is 3.62. The van der Waals surface area contributed by atoms with Gasteiger partial charge in [-0.3, -0.25) is 9.52 Å². The third kappa shape index (κ3) is 5.02. The Kier molecular flexibility index (Phi) is 5.68. The van der Waals surface area contributed by atoms with Crippen LogP contribution >= 0.6 is 11.3 Å². The molecule has 1 amide bonds. The minimum atomic E-state index is -3.68. The van der Waals surface area contributed by atoms with Crippen LogP contribution in [-0.2, 0) is 10.0 Å². The highest BCUT2D eigenvalue weighted by molar-refractivity contribution is 7.92. The van der Waals surface area contributed by atoms with Crippen LogP contribution < -0.4 is 10.1 Å². The van der Waals surface area contributed by atoms with E-state index in [1.165, 1.54) is 35.6 Å². The van der Waals surface area contributed by atoms with E-state index in [9.17, 15) is 13.2 Å². The lowest BCUT2D eigenvalue weighted by Crippen LogP contribution is -2.17. The minimum Gasteiger partial charge on any atom is -0.280 e. The summed E-state index contributed by atoms with van der Waals surface area (Å²) in [5, 5.41) is 5.81. The van der Waals surface area contributed by atoms with Crippen molar-refractivity contribution in [1.29, 1.82) is 0 Å². The Hall–Kier alpha value is -2.97. The SMILES string of the molecule is Cc1ccc(S(=O)(=O)Nc2ccc(C(=O)N/N=C\c3cccs3)cc2)cc1. The van der Waals surface area contributed by atoms with E-state index in [1.54, 1.807) is 30.5 Å². The molecule has 0 atom stereocenters. The van der Waals surface area contributed by atoms with Crippen LogP contribution in [0.15, 0.2) is 76.0 Å². The summed E-state index contributed by atoms with van der Waals surface area (Å²) in [6, 6.07) is 16.5. The van der Waals surface area contributed by atoms with Gasteiger partial charge in [-0.25, -0.2) is 13.8 Å². The van der Waals surface area contributed by atoms with E-state index in [0.717, 1.165) is 10.4 Å². The highest BCUT2D eigenvalue weighted by atomic mass is 32.2. The van der Waals surface area contributed by atoms with Crippen LogP contribution in [0.2, 0.25) is 0 Å². The van der Waals surface area contributed by atoms with Gasteiger partial charge in [-0.15, -0.1) is 11.3 Å². The molecule has 6 nitrogen and oxygen atoms in total. The summed E-state index contributed by atoms with van der Waals surface area (Å²) in [6.07, 6.45) is 1.56. The summed E-state index contributed by atoms with van der Waals surface area (Å²) in [7, 11) is -3.68. The largest absolute Gasteiger partial charge is 0.280 e. The van der Waals surface area contributed by atoms with Crippen molar-refractivity contribution in [3.63, 3.8) is 0 Å². The molecule has 1 heterocycles. The van der Waals surface area contributed by atoms with Crippen LogP contribution in [0.1, 0.15) is 20.8 Å². The van der Waals surface area contributed by atoms with Crippen molar-refractivity contribution in [3.8, 4) is 0 Å². The normalized spacial score (nSPS) is 11.4. The third-order valence-electron chi connectivity index (χ3n) is 3.63. The number of benzene rings is 2. The molecule has 0 aliphatic rings. The Morgan fingerprint density at radius 3 is 2.37 bits per heavy atom. The zero-order chi connectivity index (χ0) is 19.3. The number of thiophene rings is 1. The molecule has 0 saturated carbocycles. The van der Waals surface area contributed by atoms with Gasteiger partial charge in [0, 0.05) is 16.1 Å². The molecule has 0 fully saturated rings. The first-order valence-electron chi connectivity index (χ1n) is 8.00. The van der Waals surface area contributed by atoms with Gasteiger partial charge < -0.3 is 0 Å².